The molecule has 0 bridgehead atoms. The molecule has 38 heavy (non-hydrogen) atoms. The first kappa shape index (κ1) is 25.7. The lowest BCUT2D eigenvalue weighted by atomic mass is 10.1. The summed E-state index contributed by atoms with van der Waals surface area (Å²) in [5.74, 6) is -0.490. The summed E-state index contributed by atoms with van der Waals surface area (Å²) in [4.78, 5) is 23.7. The number of carbonyl (C=O) groups excluding carboxylic acids is 1. The summed E-state index contributed by atoms with van der Waals surface area (Å²) >= 11 is 5.62. The molecule has 196 valence electrons. The number of hydrogen-bond donors (Lipinski definition) is 1. The number of nitrogens with one attached hydrogen (secondary N) is 1. The molecule has 7 nitrogen and oxygen atoms in total. The Bertz CT molecular complexity index is 1510. The Morgan fingerprint density at radius 3 is 2.55 bits per heavy atom. The smallest absolute Gasteiger partial charge is 0.417 e. The molecule has 0 saturated carbocycles. The van der Waals surface area contributed by atoms with E-state index in [1.54, 1.807) is 24.4 Å². The topological polar surface area (TPSA) is 76.6 Å². The molecule has 1 fully saturated rings. The van der Waals surface area contributed by atoms with Crippen LogP contribution in [0.2, 0.25) is 5.02 Å². The fourth-order valence-electron chi connectivity index (χ4n) is 3.91. The quantitative estimate of drug-likeness (QED) is 0.295. The van der Waals surface area contributed by atoms with Gasteiger partial charge in [-0.25, -0.2) is 9.37 Å². The lowest BCUT2D eigenvalue weighted by Gasteiger charge is -2.27. The van der Waals surface area contributed by atoms with Crippen LogP contribution in [0.15, 0.2) is 60.8 Å². The van der Waals surface area contributed by atoms with Crippen LogP contribution >= 0.6 is 11.6 Å². The Morgan fingerprint density at radius 2 is 1.79 bits per heavy atom. The first-order valence-electron chi connectivity index (χ1n) is 11.4. The van der Waals surface area contributed by atoms with Gasteiger partial charge in [0.25, 0.3) is 5.91 Å². The van der Waals surface area contributed by atoms with Crippen molar-refractivity contribution in [3.8, 4) is 11.5 Å². The molecule has 1 aliphatic heterocycles. The van der Waals surface area contributed by atoms with Gasteiger partial charge in [-0.05, 0) is 36.4 Å². The van der Waals surface area contributed by atoms with Crippen LogP contribution < -0.4 is 15.0 Å². The minimum absolute atomic E-state index is 0.0105. The van der Waals surface area contributed by atoms with Gasteiger partial charge in [0.1, 0.15) is 23.1 Å². The molecule has 1 aromatic heterocycles. The number of amides is 1. The molecular formula is C26H19ClF4N4O3. The highest BCUT2D eigenvalue weighted by Crippen LogP contribution is 2.35. The van der Waals surface area contributed by atoms with Crippen LogP contribution in [0.3, 0.4) is 0 Å². The third-order valence-electron chi connectivity index (χ3n) is 5.73. The van der Waals surface area contributed by atoms with E-state index < -0.39 is 28.5 Å². The molecule has 2 heterocycles. The van der Waals surface area contributed by atoms with Gasteiger partial charge in [0.05, 0.1) is 41.0 Å². The molecular weight excluding hydrogens is 528 g/mol. The Labute approximate surface area is 219 Å². The van der Waals surface area contributed by atoms with Gasteiger partial charge in [-0.2, -0.15) is 13.2 Å². The average Bonchev–Trinajstić information content (AvgIpc) is 2.88. The molecule has 5 rings (SSSR count). The highest BCUT2D eigenvalue weighted by molar-refractivity contribution is 6.31. The number of hydrogen-bond acceptors (Lipinski definition) is 6. The Kier molecular flexibility index (Phi) is 7.04. The largest absolute Gasteiger partial charge is 0.457 e. The van der Waals surface area contributed by atoms with Gasteiger partial charge < -0.3 is 19.7 Å². The fraction of sp³-hybridized carbons (Fsp3) is 0.192. The number of nitrogens with zero attached hydrogens (tertiary/aromatic N) is 3. The first-order valence-corrected chi connectivity index (χ1v) is 11.8. The monoisotopic (exact) mass is 546 g/mol. The standard InChI is InChI=1S/C26H19ClF4N4O3/c27-21-3-1-15(9-20(21)26(29,30)31)25(36)33-17-10-16(28)11-19(12-17)38-18-2-4-22-23(13-18)34-24(14-32-22)35-5-7-37-8-6-35/h1-4,9-14H,5-8H2,(H,33,36). The third-order valence-corrected chi connectivity index (χ3v) is 6.06. The number of fused-ring (bicyclic) bond motifs is 1. The summed E-state index contributed by atoms with van der Waals surface area (Å²) in [6, 6.07) is 11.2. The van der Waals surface area contributed by atoms with Crippen molar-refractivity contribution >= 4 is 40.0 Å². The second-order valence-electron chi connectivity index (χ2n) is 8.40. The van der Waals surface area contributed by atoms with Crippen LogP contribution in [0.1, 0.15) is 15.9 Å². The van der Waals surface area contributed by atoms with Gasteiger partial charge in [0, 0.05) is 42.5 Å². The van der Waals surface area contributed by atoms with E-state index in [-0.39, 0.29) is 17.0 Å². The van der Waals surface area contributed by atoms with Crippen molar-refractivity contribution in [1.29, 1.82) is 0 Å². The lowest BCUT2D eigenvalue weighted by molar-refractivity contribution is -0.137. The van der Waals surface area contributed by atoms with E-state index in [1.807, 2.05) is 0 Å². The molecule has 1 saturated heterocycles. The number of benzene rings is 3. The second kappa shape index (κ2) is 10.4. The summed E-state index contributed by atoms with van der Waals surface area (Å²) in [5.41, 5.74) is -0.241. The molecule has 0 aliphatic carbocycles. The summed E-state index contributed by atoms with van der Waals surface area (Å²) in [6.07, 6.45) is -3.05. The number of alkyl halides is 3. The van der Waals surface area contributed by atoms with Crippen LogP contribution in [-0.4, -0.2) is 42.2 Å². The molecule has 3 aromatic carbocycles. The summed E-state index contributed by atoms with van der Waals surface area (Å²) in [7, 11) is 0. The van der Waals surface area contributed by atoms with Crippen LogP contribution in [0, 0.1) is 5.82 Å². The predicted octanol–water partition coefficient (Wildman–Crippen LogP) is 6.32. The van der Waals surface area contributed by atoms with Crippen LogP contribution in [0.25, 0.3) is 11.0 Å². The van der Waals surface area contributed by atoms with Gasteiger partial charge in [0.15, 0.2) is 0 Å². The van der Waals surface area contributed by atoms with Crippen molar-refractivity contribution in [2.45, 2.75) is 6.18 Å². The Balaban J connectivity index is 1.35. The number of aromatic nitrogens is 2. The third kappa shape index (κ3) is 5.79. The number of rotatable bonds is 5. The van der Waals surface area contributed by atoms with Gasteiger partial charge in [-0.15, -0.1) is 0 Å². The number of halogens is 5. The fourth-order valence-corrected chi connectivity index (χ4v) is 4.13. The Morgan fingerprint density at radius 1 is 1.00 bits per heavy atom. The van der Waals surface area contributed by atoms with Crippen molar-refractivity contribution in [1.82, 2.24) is 9.97 Å². The van der Waals surface area contributed by atoms with E-state index in [0.29, 0.717) is 55.0 Å². The molecule has 12 heteroatoms. The molecule has 0 unspecified atom stereocenters. The zero-order valence-corrected chi connectivity index (χ0v) is 20.3. The molecule has 0 atom stereocenters. The summed E-state index contributed by atoms with van der Waals surface area (Å²) < 4.78 is 64.9. The molecule has 1 aliphatic rings. The highest BCUT2D eigenvalue weighted by atomic mass is 35.5. The number of anilines is 2. The molecule has 0 radical (unpaired) electrons. The maximum Gasteiger partial charge on any atom is 0.417 e. The number of morpholine rings is 1. The SMILES string of the molecule is O=C(Nc1cc(F)cc(Oc2ccc3ncc(N4CCOCC4)nc3c2)c1)c1ccc(Cl)c(C(F)(F)F)c1. The van der Waals surface area contributed by atoms with Crippen LogP contribution in [0.5, 0.6) is 11.5 Å². The highest BCUT2D eigenvalue weighted by Gasteiger charge is 2.33. The van der Waals surface area contributed by atoms with E-state index in [0.717, 1.165) is 24.3 Å². The van der Waals surface area contributed by atoms with Crippen LogP contribution in [0.4, 0.5) is 29.1 Å². The minimum Gasteiger partial charge on any atom is -0.457 e. The van der Waals surface area contributed by atoms with E-state index in [9.17, 15) is 22.4 Å². The first-order chi connectivity index (χ1) is 18.2. The minimum atomic E-state index is -4.74. The maximum absolute atomic E-state index is 14.3. The van der Waals surface area contributed by atoms with Crippen molar-refractivity contribution < 1.29 is 31.8 Å². The number of ether oxygens (including phenoxy) is 2. The van der Waals surface area contributed by atoms with Crippen molar-refractivity contribution in [3.05, 3.63) is 82.8 Å². The molecule has 4 aromatic rings. The zero-order valence-electron chi connectivity index (χ0n) is 19.6. The number of carbonyl (C=O) groups is 1. The molecule has 1 amide bonds. The van der Waals surface area contributed by atoms with Crippen molar-refractivity contribution in [2.75, 3.05) is 36.5 Å². The van der Waals surface area contributed by atoms with Crippen molar-refractivity contribution in [2.24, 2.45) is 0 Å². The van der Waals surface area contributed by atoms with Gasteiger partial charge in [-0.3, -0.25) is 9.78 Å². The van der Waals surface area contributed by atoms with Gasteiger partial charge >= 0.3 is 6.18 Å². The van der Waals surface area contributed by atoms with Gasteiger partial charge in [-0.1, -0.05) is 11.6 Å². The Hall–Kier alpha value is -3.96. The second-order valence-corrected chi connectivity index (χ2v) is 8.81. The lowest BCUT2D eigenvalue weighted by Crippen LogP contribution is -2.36. The van der Waals surface area contributed by atoms with Crippen LogP contribution in [-0.2, 0) is 10.9 Å². The van der Waals surface area contributed by atoms with E-state index in [2.05, 4.69) is 20.2 Å². The molecule has 1 N–H and O–H groups in total. The summed E-state index contributed by atoms with van der Waals surface area (Å²) in [5, 5.41) is 1.85. The maximum atomic E-state index is 14.3. The summed E-state index contributed by atoms with van der Waals surface area (Å²) in [6.45, 7) is 2.59. The van der Waals surface area contributed by atoms with Crippen molar-refractivity contribution in [3.63, 3.8) is 0 Å². The van der Waals surface area contributed by atoms with E-state index in [4.69, 9.17) is 21.1 Å². The average molecular weight is 547 g/mol. The predicted molar refractivity (Wildman–Crippen MR) is 133 cm³/mol. The van der Waals surface area contributed by atoms with E-state index >= 15 is 0 Å². The molecule has 0 spiro atoms. The zero-order chi connectivity index (χ0) is 26.9. The normalized spacial score (nSPS) is 14.0. The van der Waals surface area contributed by atoms with Gasteiger partial charge in [0.2, 0.25) is 0 Å². The van der Waals surface area contributed by atoms with E-state index in [1.165, 1.54) is 6.07 Å².